The number of hydrogen-bond acceptors (Lipinski definition) is 1. The molecule has 0 aliphatic carbocycles. The third-order valence-corrected chi connectivity index (χ3v) is 1.58. The van der Waals surface area contributed by atoms with E-state index in [4.69, 9.17) is 6.42 Å². The lowest BCUT2D eigenvalue weighted by Crippen LogP contribution is -1.89. The van der Waals surface area contributed by atoms with E-state index in [1.54, 1.807) is 30.6 Å². The Hall–Kier alpha value is -1.81. The summed E-state index contributed by atoms with van der Waals surface area (Å²) in [5.41, 5.74) is 1.81. The maximum atomic E-state index is 10.4. The fraction of sp³-hybridized carbons (Fsp3) is 0. The molecule has 0 fully saturated rings. The van der Waals surface area contributed by atoms with Gasteiger partial charge >= 0.3 is 0 Å². The molecule has 0 saturated heterocycles. The molecule has 0 aromatic heterocycles. The second-order valence-electron chi connectivity index (χ2n) is 2.22. The number of carbonyl (C=O) groups excluding carboxylic acids is 1. The Bertz CT molecular complexity index is 356. The molecule has 0 bridgehead atoms. The molecule has 1 radical (unpaired) electrons. The summed E-state index contributed by atoms with van der Waals surface area (Å²) in [6.07, 6.45) is 8.59. The van der Waals surface area contributed by atoms with Gasteiger partial charge in [-0.2, -0.15) is 0 Å². The Balaban J connectivity index is 3.44. The summed E-state index contributed by atoms with van der Waals surface area (Å²) >= 11 is 0. The smallest absolute Gasteiger partial charge is 0.234 e. The molecule has 0 spiro atoms. The van der Waals surface area contributed by atoms with Crippen molar-refractivity contribution in [2.24, 2.45) is 0 Å². The second kappa shape index (κ2) is 3.54. The highest BCUT2D eigenvalue weighted by Crippen LogP contribution is 2.13. The largest absolute Gasteiger partial charge is 0.285 e. The van der Waals surface area contributed by atoms with Gasteiger partial charge < -0.3 is 0 Å². The molecule has 0 saturated carbocycles. The van der Waals surface area contributed by atoms with Crippen molar-refractivity contribution in [2.45, 2.75) is 0 Å². The van der Waals surface area contributed by atoms with Gasteiger partial charge in [0.1, 0.15) is 0 Å². The van der Waals surface area contributed by atoms with Crippen molar-refractivity contribution in [1.29, 1.82) is 0 Å². The molecule has 0 atom stereocenters. The van der Waals surface area contributed by atoms with E-state index in [0.29, 0.717) is 16.7 Å². The van der Waals surface area contributed by atoms with E-state index in [1.165, 1.54) is 0 Å². The molecule has 0 N–H and O–H groups in total. The van der Waals surface area contributed by atoms with Gasteiger partial charge in [0.25, 0.3) is 0 Å². The highest BCUT2D eigenvalue weighted by molar-refractivity contribution is 5.84. The highest BCUT2D eigenvalue weighted by Gasteiger charge is 2.01. The van der Waals surface area contributed by atoms with Gasteiger partial charge in [0, 0.05) is 16.7 Å². The van der Waals surface area contributed by atoms with Crippen LogP contribution >= 0.6 is 0 Å². The standard InChI is InChI=1S/C11H7O/c1-3-9-6-5-7-10(8-12)11(9)4-2/h1,4-7H,2H2. The van der Waals surface area contributed by atoms with E-state index in [1.807, 2.05) is 0 Å². The van der Waals surface area contributed by atoms with Crippen molar-refractivity contribution >= 4 is 12.4 Å². The quantitative estimate of drug-likeness (QED) is 0.595. The first-order chi connectivity index (χ1) is 5.83. The fourth-order valence-corrected chi connectivity index (χ4v) is 1.000. The maximum absolute atomic E-state index is 10.4. The van der Waals surface area contributed by atoms with Crippen molar-refractivity contribution in [3.8, 4) is 12.3 Å². The number of terminal acetylenes is 1. The lowest BCUT2D eigenvalue weighted by molar-refractivity contribution is 0.562. The highest BCUT2D eigenvalue weighted by atomic mass is 16.1. The summed E-state index contributed by atoms with van der Waals surface area (Å²) in [6.45, 7) is 3.57. The predicted octanol–water partition coefficient (Wildman–Crippen LogP) is 1.77. The minimum absolute atomic E-state index is 0.459. The molecule has 1 nitrogen and oxygen atoms in total. The van der Waals surface area contributed by atoms with E-state index in [9.17, 15) is 4.79 Å². The number of rotatable bonds is 2. The lowest BCUT2D eigenvalue weighted by Gasteiger charge is -1.99. The SMILES string of the molecule is C#Cc1cccc([C]=O)c1C=C. The van der Waals surface area contributed by atoms with E-state index in [-0.39, 0.29) is 0 Å². The molecule has 1 rings (SSSR count). The second-order valence-corrected chi connectivity index (χ2v) is 2.22. The zero-order chi connectivity index (χ0) is 8.97. The lowest BCUT2D eigenvalue weighted by atomic mass is 10.0. The Morgan fingerprint density at radius 2 is 2.08 bits per heavy atom. The van der Waals surface area contributed by atoms with E-state index >= 15 is 0 Å². The van der Waals surface area contributed by atoms with Crippen molar-refractivity contribution in [2.75, 3.05) is 0 Å². The summed E-state index contributed by atoms with van der Waals surface area (Å²) in [5.74, 6) is 2.47. The molecule has 0 heterocycles. The molecule has 12 heavy (non-hydrogen) atoms. The van der Waals surface area contributed by atoms with Crippen LogP contribution < -0.4 is 0 Å². The monoisotopic (exact) mass is 155 g/mol. The van der Waals surface area contributed by atoms with Crippen LogP contribution in [0.3, 0.4) is 0 Å². The van der Waals surface area contributed by atoms with Crippen LogP contribution in [-0.2, 0) is 4.79 Å². The molecule has 0 unspecified atom stereocenters. The van der Waals surface area contributed by atoms with Crippen LogP contribution in [0.4, 0.5) is 0 Å². The Morgan fingerprint density at radius 3 is 2.58 bits per heavy atom. The van der Waals surface area contributed by atoms with E-state index in [2.05, 4.69) is 12.5 Å². The third kappa shape index (κ3) is 1.28. The van der Waals surface area contributed by atoms with Gasteiger partial charge in [0.2, 0.25) is 6.29 Å². The summed E-state index contributed by atoms with van der Waals surface area (Å²) in [6, 6.07) is 5.14. The molecule has 0 aliphatic rings. The molecular formula is C11H7O. The normalized spacial score (nSPS) is 8.58. The van der Waals surface area contributed by atoms with E-state index < -0.39 is 0 Å². The minimum Gasteiger partial charge on any atom is -0.285 e. The minimum atomic E-state index is 0.459. The van der Waals surface area contributed by atoms with Gasteiger partial charge in [-0.15, -0.1) is 6.42 Å². The molecule has 0 amide bonds. The van der Waals surface area contributed by atoms with Crippen LogP contribution in [0.25, 0.3) is 6.08 Å². The number of hydrogen-bond donors (Lipinski definition) is 0. The molecule has 1 aromatic carbocycles. The van der Waals surface area contributed by atoms with Crippen molar-refractivity contribution in [3.63, 3.8) is 0 Å². The van der Waals surface area contributed by atoms with Gasteiger partial charge in [-0.05, 0) is 6.07 Å². The maximum Gasteiger partial charge on any atom is 0.234 e. The third-order valence-electron chi connectivity index (χ3n) is 1.58. The van der Waals surface area contributed by atoms with Crippen LogP contribution in [0.2, 0.25) is 0 Å². The van der Waals surface area contributed by atoms with Crippen LogP contribution in [0, 0.1) is 12.3 Å². The van der Waals surface area contributed by atoms with Crippen LogP contribution in [0.1, 0.15) is 16.7 Å². The van der Waals surface area contributed by atoms with Gasteiger partial charge in [-0.1, -0.05) is 30.7 Å². The zero-order valence-corrected chi connectivity index (χ0v) is 6.50. The molecule has 1 heteroatoms. The first kappa shape index (κ1) is 8.29. The Morgan fingerprint density at radius 1 is 1.42 bits per heavy atom. The van der Waals surface area contributed by atoms with Crippen molar-refractivity contribution in [1.82, 2.24) is 0 Å². The summed E-state index contributed by atoms with van der Waals surface area (Å²) in [4.78, 5) is 10.4. The average Bonchev–Trinajstić information content (AvgIpc) is 2.16. The Kier molecular flexibility index (Phi) is 2.45. The fourth-order valence-electron chi connectivity index (χ4n) is 1.000. The summed E-state index contributed by atoms with van der Waals surface area (Å²) < 4.78 is 0. The number of benzene rings is 1. The van der Waals surface area contributed by atoms with Gasteiger partial charge in [0.15, 0.2) is 0 Å². The van der Waals surface area contributed by atoms with Gasteiger partial charge in [-0.3, -0.25) is 4.79 Å². The van der Waals surface area contributed by atoms with Crippen molar-refractivity contribution < 1.29 is 4.79 Å². The van der Waals surface area contributed by atoms with E-state index in [0.717, 1.165) is 0 Å². The summed E-state index contributed by atoms with van der Waals surface area (Å²) in [7, 11) is 0. The predicted molar refractivity (Wildman–Crippen MR) is 49.3 cm³/mol. The zero-order valence-electron chi connectivity index (χ0n) is 6.50. The average molecular weight is 155 g/mol. The topological polar surface area (TPSA) is 17.1 Å². The Labute approximate surface area is 71.7 Å². The first-order valence-corrected chi connectivity index (χ1v) is 3.43. The summed E-state index contributed by atoms with van der Waals surface area (Å²) in [5, 5.41) is 0. The molecule has 0 aliphatic heterocycles. The van der Waals surface area contributed by atoms with Gasteiger partial charge in [-0.25, -0.2) is 0 Å². The van der Waals surface area contributed by atoms with Crippen LogP contribution in [0.15, 0.2) is 24.8 Å². The van der Waals surface area contributed by atoms with Crippen LogP contribution in [0.5, 0.6) is 0 Å². The van der Waals surface area contributed by atoms with Gasteiger partial charge in [0.05, 0.1) is 0 Å². The first-order valence-electron chi connectivity index (χ1n) is 3.43. The molecule has 57 valence electrons. The van der Waals surface area contributed by atoms with Crippen LogP contribution in [-0.4, -0.2) is 6.29 Å². The molecular weight excluding hydrogens is 148 g/mol. The molecule has 1 aromatic rings. The van der Waals surface area contributed by atoms with Crippen molar-refractivity contribution in [3.05, 3.63) is 41.5 Å².